The number of carboxylic acids is 1. The van der Waals surface area contributed by atoms with E-state index in [1.165, 1.54) is 4.90 Å². The van der Waals surface area contributed by atoms with Crippen LogP contribution in [0, 0.1) is 0 Å². The smallest absolute Gasteiger partial charge is 0.320 e. The Morgan fingerprint density at radius 3 is 1.96 bits per heavy atom. The molecule has 1 N–H and O–H groups in total. The molecule has 0 atom stereocenters. The van der Waals surface area contributed by atoms with Crippen molar-refractivity contribution in [2.45, 2.75) is 13.0 Å². The normalized spacial score (nSPS) is 10.5. The summed E-state index contributed by atoms with van der Waals surface area (Å²) in [4.78, 5) is 36.4. The summed E-state index contributed by atoms with van der Waals surface area (Å²) < 4.78 is 5.16. The molecule has 0 saturated carbocycles. The minimum atomic E-state index is -1.10. The fourth-order valence-electron chi connectivity index (χ4n) is 2.45. The Bertz CT molecular complexity index is 730. The fourth-order valence-corrected chi connectivity index (χ4v) is 2.45. The van der Waals surface area contributed by atoms with E-state index in [0.29, 0.717) is 0 Å². The Labute approximate surface area is 152 Å². The molecule has 2 aromatic carbocycles. The monoisotopic (exact) mass is 355 g/mol. The minimum absolute atomic E-state index is 0.110. The number of rotatable bonds is 10. The van der Waals surface area contributed by atoms with Crippen LogP contribution in [0.5, 0.6) is 0 Å². The number of Topliss-reactive ketones (excluding diaryl/α,β-unsaturated/α-hetero) is 1. The topological polar surface area (TPSA) is 83.9 Å². The van der Waals surface area contributed by atoms with Crippen LogP contribution in [0.4, 0.5) is 0 Å². The summed E-state index contributed by atoms with van der Waals surface area (Å²) in [7, 11) is 0. The molecule has 0 fully saturated rings. The highest BCUT2D eigenvalue weighted by atomic mass is 16.5. The molecule has 0 aliphatic heterocycles. The Hall–Kier alpha value is -2.99. The number of nitrogens with zero attached hydrogens (tertiary/aromatic N) is 1. The van der Waals surface area contributed by atoms with Crippen molar-refractivity contribution in [1.29, 1.82) is 0 Å². The molecule has 0 aliphatic rings. The van der Waals surface area contributed by atoms with Crippen molar-refractivity contribution in [3.8, 4) is 0 Å². The maximum absolute atomic E-state index is 12.2. The second kappa shape index (κ2) is 10.1. The first-order chi connectivity index (χ1) is 12.5. The standard InChI is InChI=1S/C20H21NO5/c22-18(11-16-7-3-1-4-8-16)12-21(13-19(23)24)14-20(25)26-15-17-9-5-2-6-10-17/h1-10H,11-15H2,(H,23,24). The molecule has 0 spiro atoms. The summed E-state index contributed by atoms with van der Waals surface area (Å²) in [6, 6.07) is 18.4. The van der Waals surface area contributed by atoms with E-state index in [9.17, 15) is 14.4 Å². The fraction of sp³-hybridized carbons (Fsp3) is 0.250. The third kappa shape index (κ3) is 7.27. The van der Waals surface area contributed by atoms with E-state index in [2.05, 4.69) is 0 Å². The van der Waals surface area contributed by atoms with Crippen LogP contribution in [0.15, 0.2) is 60.7 Å². The number of carbonyl (C=O) groups excluding carboxylic acids is 2. The van der Waals surface area contributed by atoms with Gasteiger partial charge in [0.1, 0.15) is 6.61 Å². The molecule has 0 bridgehead atoms. The van der Waals surface area contributed by atoms with Crippen LogP contribution < -0.4 is 0 Å². The molecular weight excluding hydrogens is 334 g/mol. The van der Waals surface area contributed by atoms with E-state index >= 15 is 0 Å². The summed E-state index contributed by atoms with van der Waals surface area (Å²) in [5, 5.41) is 9.00. The summed E-state index contributed by atoms with van der Waals surface area (Å²) in [5.41, 5.74) is 1.69. The molecule has 0 radical (unpaired) electrons. The summed E-state index contributed by atoms with van der Waals surface area (Å²) >= 11 is 0. The van der Waals surface area contributed by atoms with Gasteiger partial charge in [-0.3, -0.25) is 19.3 Å². The van der Waals surface area contributed by atoms with E-state index in [1.54, 1.807) is 0 Å². The molecule has 6 nitrogen and oxygen atoms in total. The number of carbonyl (C=O) groups is 3. The lowest BCUT2D eigenvalue weighted by Crippen LogP contribution is -2.39. The van der Waals surface area contributed by atoms with Gasteiger partial charge in [-0.25, -0.2) is 0 Å². The Morgan fingerprint density at radius 1 is 0.808 bits per heavy atom. The summed E-state index contributed by atoms with van der Waals surface area (Å²) in [6.07, 6.45) is 0.190. The van der Waals surface area contributed by atoms with Crippen molar-refractivity contribution in [2.75, 3.05) is 19.6 Å². The zero-order valence-electron chi connectivity index (χ0n) is 14.3. The molecule has 0 aromatic heterocycles. The summed E-state index contributed by atoms with van der Waals surface area (Å²) in [6.45, 7) is -0.666. The Kier molecular flexibility index (Phi) is 7.51. The highest BCUT2D eigenvalue weighted by Gasteiger charge is 2.18. The zero-order chi connectivity index (χ0) is 18.8. The second-order valence-electron chi connectivity index (χ2n) is 5.89. The minimum Gasteiger partial charge on any atom is -0.480 e. The average molecular weight is 355 g/mol. The van der Waals surface area contributed by atoms with E-state index in [-0.39, 0.29) is 31.9 Å². The van der Waals surface area contributed by atoms with Crippen LogP contribution in [0.25, 0.3) is 0 Å². The van der Waals surface area contributed by atoms with Crippen LogP contribution in [0.2, 0.25) is 0 Å². The van der Waals surface area contributed by atoms with Gasteiger partial charge >= 0.3 is 11.9 Å². The lowest BCUT2D eigenvalue weighted by Gasteiger charge is -2.18. The van der Waals surface area contributed by atoms with Crippen LogP contribution in [0.3, 0.4) is 0 Å². The molecule has 0 aliphatic carbocycles. The molecular formula is C20H21NO5. The van der Waals surface area contributed by atoms with Crippen molar-refractivity contribution in [2.24, 2.45) is 0 Å². The van der Waals surface area contributed by atoms with Gasteiger partial charge in [-0.2, -0.15) is 0 Å². The molecule has 0 unspecified atom stereocenters. The van der Waals surface area contributed by atoms with Crippen molar-refractivity contribution in [3.63, 3.8) is 0 Å². The maximum Gasteiger partial charge on any atom is 0.320 e. The van der Waals surface area contributed by atoms with Gasteiger partial charge in [0.2, 0.25) is 0 Å². The maximum atomic E-state index is 12.2. The van der Waals surface area contributed by atoms with Crippen molar-refractivity contribution in [1.82, 2.24) is 4.90 Å². The Balaban J connectivity index is 1.86. The van der Waals surface area contributed by atoms with Crippen LogP contribution in [-0.4, -0.2) is 47.4 Å². The van der Waals surface area contributed by atoms with Crippen molar-refractivity contribution >= 4 is 17.7 Å². The lowest BCUT2D eigenvalue weighted by atomic mass is 10.1. The van der Waals surface area contributed by atoms with Gasteiger partial charge in [-0.05, 0) is 11.1 Å². The van der Waals surface area contributed by atoms with Crippen LogP contribution in [-0.2, 0) is 32.1 Å². The zero-order valence-corrected chi connectivity index (χ0v) is 14.3. The number of hydrogen-bond donors (Lipinski definition) is 1. The van der Waals surface area contributed by atoms with Crippen molar-refractivity contribution in [3.05, 3.63) is 71.8 Å². The number of aliphatic carboxylic acids is 1. The predicted molar refractivity (Wildman–Crippen MR) is 95.5 cm³/mol. The van der Waals surface area contributed by atoms with Gasteiger partial charge in [0.25, 0.3) is 0 Å². The van der Waals surface area contributed by atoms with Gasteiger partial charge in [0.15, 0.2) is 5.78 Å². The highest BCUT2D eigenvalue weighted by Crippen LogP contribution is 2.04. The molecule has 26 heavy (non-hydrogen) atoms. The highest BCUT2D eigenvalue weighted by molar-refractivity contribution is 5.84. The van der Waals surface area contributed by atoms with E-state index in [1.807, 2.05) is 60.7 Å². The van der Waals surface area contributed by atoms with Gasteiger partial charge in [-0.1, -0.05) is 60.7 Å². The van der Waals surface area contributed by atoms with Gasteiger partial charge in [-0.15, -0.1) is 0 Å². The number of ketones is 1. The molecule has 0 amide bonds. The molecule has 136 valence electrons. The molecule has 0 heterocycles. The van der Waals surface area contributed by atoms with E-state index in [4.69, 9.17) is 9.84 Å². The number of carboxylic acid groups (broad SMARTS) is 1. The first kappa shape index (κ1) is 19.3. The molecule has 6 heteroatoms. The first-order valence-corrected chi connectivity index (χ1v) is 8.22. The Morgan fingerprint density at radius 2 is 1.38 bits per heavy atom. The van der Waals surface area contributed by atoms with Gasteiger partial charge in [0.05, 0.1) is 19.6 Å². The average Bonchev–Trinajstić information content (AvgIpc) is 2.61. The third-order valence-electron chi connectivity index (χ3n) is 3.60. The lowest BCUT2D eigenvalue weighted by molar-refractivity contribution is -0.147. The SMILES string of the molecule is O=C(O)CN(CC(=O)Cc1ccccc1)CC(=O)OCc1ccccc1. The quantitative estimate of drug-likeness (QED) is 0.656. The van der Waals surface area contributed by atoms with Crippen LogP contribution >= 0.6 is 0 Å². The number of ether oxygens (including phenoxy) is 1. The molecule has 2 rings (SSSR count). The second-order valence-corrected chi connectivity index (χ2v) is 5.89. The first-order valence-electron chi connectivity index (χ1n) is 8.22. The largest absolute Gasteiger partial charge is 0.480 e. The molecule has 0 saturated heterocycles. The number of hydrogen-bond acceptors (Lipinski definition) is 5. The van der Waals surface area contributed by atoms with Gasteiger partial charge < -0.3 is 9.84 Å². The molecule has 2 aromatic rings. The van der Waals surface area contributed by atoms with Crippen LogP contribution in [0.1, 0.15) is 11.1 Å². The number of esters is 1. The van der Waals surface area contributed by atoms with Crippen molar-refractivity contribution < 1.29 is 24.2 Å². The van der Waals surface area contributed by atoms with Gasteiger partial charge in [0, 0.05) is 6.42 Å². The predicted octanol–water partition coefficient (Wildman–Crippen LogP) is 1.93. The third-order valence-corrected chi connectivity index (χ3v) is 3.60. The van der Waals surface area contributed by atoms with E-state index in [0.717, 1.165) is 11.1 Å². The number of benzene rings is 2. The summed E-state index contributed by atoms with van der Waals surface area (Å²) in [5.74, 6) is -1.83. The van der Waals surface area contributed by atoms with E-state index < -0.39 is 18.5 Å².